The Labute approximate surface area is 110 Å². The van der Waals surface area contributed by atoms with Gasteiger partial charge >= 0.3 is 0 Å². The second-order valence-electron chi connectivity index (χ2n) is 3.83. The van der Waals surface area contributed by atoms with Crippen LogP contribution in [0.1, 0.15) is 6.42 Å². The molecule has 8 heteroatoms. The van der Waals surface area contributed by atoms with Gasteiger partial charge in [0.2, 0.25) is 15.9 Å². The summed E-state index contributed by atoms with van der Waals surface area (Å²) < 4.78 is 25.8. The summed E-state index contributed by atoms with van der Waals surface area (Å²) in [6.45, 7) is 0.575. The average molecular weight is 290 g/mol. The summed E-state index contributed by atoms with van der Waals surface area (Å²) in [6, 6.07) is 2.88. The molecule has 0 saturated carbocycles. The van der Waals surface area contributed by atoms with E-state index in [1.807, 2.05) is 0 Å². The Morgan fingerprint density at radius 1 is 1.44 bits per heavy atom. The van der Waals surface area contributed by atoms with Gasteiger partial charge in [-0.1, -0.05) is 11.6 Å². The Kier molecular flexibility index (Phi) is 3.84. The molecule has 1 N–H and O–H groups in total. The molecule has 0 aromatic carbocycles. The van der Waals surface area contributed by atoms with E-state index in [-0.39, 0.29) is 29.0 Å². The number of sulfonamides is 1. The zero-order valence-electron chi connectivity index (χ0n) is 9.47. The zero-order chi connectivity index (χ0) is 13.2. The maximum absolute atomic E-state index is 12.3. The Balaban J connectivity index is 2.36. The maximum Gasteiger partial charge on any atom is 0.246 e. The molecule has 1 aromatic rings. The summed E-state index contributed by atoms with van der Waals surface area (Å²) in [7, 11) is -3.77. The number of hydrogen-bond donors (Lipinski definition) is 1. The standard InChI is InChI=1S/C10H12ClN3O3S/c11-10-8(3-1-4-13-10)18(16,17)14-6-2-5-12-9(15)7-14/h1,3-4H,2,5-7H2,(H,12,15). The third kappa shape index (κ3) is 2.63. The number of hydrogen-bond acceptors (Lipinski definition) is 4. The molecule has 1 saturated heterocycles. The number of pyridine rings is 1. The lowest BCUT2D eigenvalue weighted by atomic mass is 10.4. The Hall–Kier alpha value is -1.18. The van der Waals surface area contributed by atoms with Crippen molar-refractivity contribution < 1.29 is 13.2 Å². The van der Waals surface area contributed by atoms with Gasteiger partial charge in [-0.3, -0.25) is 4.79 Å². The van der Waals surface area contributed by atoms with Gasteiger partial charge in [-0.15, -0.1) is 0 Å². The van der Waals surface area contributed by atoms with Gasteiger partial charge in [0.1, 0.15) is 10.0 Å². The number of nitrogens with zero attached hydrogens (tertiary/aromatic N) is 2. The van der Waals surface area contributed by atoms with Crippen LogP contribution in [0.25, 0.3) is 0 Å². The van der Waals surface area contributed by atoms with E-state index in [0.29, 0.717) is 13.0 Å². The number of amides is 1. The molecular formula is C10H12ClN3O3S. The van der Waals surface area contributed by atoms with Crippen LogP contribution < -0.4 is 5.32 Å². The monoisotopic (exact) mass is 289 g/mol. The molecule has 6 nitrogen and oxygen atoms in total. The topological polar surface area (TPSA) is 79.4 Å². The third-order valence-electron chi connectivity index (χ3n) is 2.57. The molecule has 0 aliphatic carbocycles. The summed E-state index contributed by atoms with van der Waals surface area (Å²) in [6.07, 6.45) is 1.99. The molecule has 0 unspecified atom stereocenters. The fraction of sp³-hybridized carbons (Fsp3) is 0.400. The van der Waals surface area contributed by atoms with E-state index in [2.05, 4.69) is 10.3 Å². The number of aromatic nitrogens is 1. The predicted octanol–water partition coefficient (Wildman–Crippen LogP) is 0.246. The fourth-order valence-corrected chi connectivity index (χ4v) is 3.55. The number of carbonyl (C=O) groups excluding carboxylic acids is 1. The second-order valence-corrected chi connectivity index (χ2v) is 6.10. The van der Waals surface area contributed by atoms with Crippen LogP contribution in [0.5, 0.6) is 0 Å². The summed E-state index contributed by atoms with van der Waals surface area (Å²) in [5.41, 5.74) is 0. The molecule has 0 radical (unpaired) electrons. The van der Waals surface area contributed by atoms with Crippen molar-refractivity contribution in [1.82, 2.24) is 14.6 Å². The first-order valence-electron chi connectivity index (χ1n) is 5.39. The van der Waals surface area contributed by atoms with E-state index < -0.39 is 10.0 Å². The number of carbonyl (C=O) groups is 1. The third-order valence-corrected chi connectivity index (χ3v) is 4.86. The molecule has 1 aliphatic rings. The van der Waals surface area contributed by atoms with Gasteiger partial charge in [-0.05, 0) is 18.6 Å². The lowest BCUT2D eigenvalue weighted by Gasteiger charge is -2.18. The molecule has 2 heterocycles. The van der Waals surface area contributed by atoms with Crippen molar-refractivity contribution in [3.8, 4) is 0 Å². The lowest BCUT2D eigenvalue weighted by Crippen LogP contribution is -2.37. The molecule has 1 fully saturated rings. The molecule has 2 rings (SSSR count). The summed E-state index contributed by atoms with van der Waals surface area (Å²) in [4.78, 5) is 15.1. The van der Waals surface area contributed by atoms with Crippen molar-refractivity contribution in [2.75, 3.05) is 19.6 Å². The van der Waals surface area contributed by atoms with Crippen LogP contribution in [0.2, 0.25) is 5.15 Å². The van der Waals surface area contributed by atoms with Crippen molar-refractivity contribution in [3.05, 3.63) is 23.5 Å². The molecule has 0 bridgehead atoms. The minimum Gasteiger partial charge on any atom is -0.355 e. The molecule has 98 valence electrons. The summed E-state index contributed by atoms with van der Waals surface area (Å²) >= 11 is 5.79. The van der Waals surface area contributed by atoms with Gasteiger partial charge in [0.05, 0.1) is 6.54 Å². The van der Waals surface area contributed by atoms with Gasteiger partial charge in [-0.2, -0.15) is 4.31 Å². The molecule has 0 spiro atoms. The van der Waals surface area contributed by atoms with Crippen LogP contribution in [-0.2, 0) is 14.8 Å². The van der Waals surface area contributed by atoms with Crippen molar-refractivity contribution in [1.29, 1.82) is 0 Å². The predicted molar refractivity (Wildman–Crippen MR) is 65.6 cm³/mol. The largest absolute Gasteiger partial charge is 0.355 e. The van der Waals surface area contributed by atoms with E-state index in [0.717, 1.165) is 4.31 Å². The highest BCUT2D eigenvalue weighted by atomic mass is 35.5. The fourth-order valence-electron chi connectivity index (χ4n) is 1.69. The van der Waals surface area contributed by atoms with Crippen molar-refractivity contribution in [2.24, 2.45) is 0 Å². The zero-order valence-corrected chi connectivity index (χ0v) is 11.0. The maximum atomic E-state index is 12.3. The second kappa shape index (κ2) is 5.21. The molecule has 1 amide bonds. The lowest BCUT2D eigenvalue weighted by molar-refractivity contribution is -0.120. The number of nitrogens with one attached hydrogen (secondary N) is 1. The first-order chi connectivity index (χ1) is 8.51. The minimum atomic E-state index is -3.77. The Morgan fingerprint density at radius 3 is 2.94 bits per heavy atom. The Morgan fingerprint density at radius 2 is 2.22 bits per heavy atom. The molecule has 1 aliphatic heterocycles. The molecule has 18 heavy (non-hydrogen) atoms. The Bertz CT molecular complexity index is 561. The SMILES string of the molecule is O=C1CN(S(=O)(=O)c2cccnc2Cl)CCCN1. The van der Waals surface area contributed by atoms with Gasteiger partial charge < -0.3 is 5.32 Å². The van der Waals surface area contributed by atoms with Crippen LogP contribution >= 0.6 is 11.6 Å². The van der Waals surface area contributed by atoms with Crippen molar-refractivity contribution >= 4 is 27.5 Å². The van der Waals surface area contributed by atoms with Gasteiger partial charge in [0.25, 0.3) is 0 Å². The summed E-state index contributed by atoms with van der Waals surface area (Å²) in [5, 5.41) is 2.54. The van der Waals surface area contributed by atoms with Crippen LogP contribution in [0.3, 0.4) is 0 Å². The van der Waals surface area contributed by atoms with Crippen LogP contribution in [0, 0.1) is 0 Å². The van der Waals surface area contributed by atoms with E-state index in [1.165, 1.54) is 18.3 Å². The first kappa shape index (κ1) is 13.3. The molecular weight excluding hydrogens is 278 g/mol. The van der Waals surface area contributed by atoms with Crippen LogP contribution in [0.4, 0.5) is 0 Å². The van der Waals surface area contributed by atoms with E-state index in [9.17, 15) is 13.2 Å². The van der Waals surface area contributed by atoms with Crippen LogP contribution in [-0.4, -0.2) is 43.2 Å². The normalized spacial score (nSPS) is 18.2. The minimum absolute atomic E-state index is 0.0682. The van der Waals surface area contributed by atoms with Gasteiger partial charge in [0.15, 0.2) is 0 Å². The van der Waals surface area contributed by atoms with Gasteiger partial charge in [0, 0.05) is 19.3 Å². The van der Waals surface area contributed by atoms with Crippen molar-refractivity contribution in [3.63, 3.8) is 0 Å². The number of rotatable bonds is 2. The first-order valence-corrected chi connectivity index (χ1v) is 7.21. The highest BCUT2D eigenvalue weighted by molar-refractivity contribution is 7.89. The average Bonchev–Trinajstić information content (AvgIpc) is 2.54. The quantitative estimate of drug-likeness (QED) is 0.791. The highest BCUT2D eigenvalue weighted by Crippen LogP contribution is 2.22. The molecule has 0 atom stereocenters. The van der Waals surface area contributed by atoms with E-state index >= 15 is 0 Å². The van der Waals surface area contributed by atoms with E-state index in [4.69, 9.17) is 11.6 Å². The van der Waals surface area contributed by atoms with Crippen molar-refractivity contribution in [2.45, 2.75) is 11.3 Å². The molecule has 1 aromatic heterocycles. The summed E-state index contributed by atoms with van der Waals surface area (Å²) in [5.74, 6) is -0.309. The number of halogens is 1. The highest BCUT2D eigenvalue weighted by Gasteiger charge is 2.29. The van der Waals surface area contributed by atoms with Gasteiger partial charge in [-0.25, -0.2) is 13.4 Å². The van der Waals surface area contributed by atoms with Crippen LogP contribution in [0.15, 0.2) is 23.2 Å². The smallest absolute Gasteiger partial charge is 0.246 e. The van der Waals surface area contributed by atoms with E-state index in [1.54, 1.807) is 0 Å².